The Morgan fingerprint density at radius 3 is 2.50 bits per heavy atom. The molecule has 7 nitrogen and oxygen atoms in total. The van der Waals surface area contributed by atoms with Gasteiger partial charge in [0.1, 0.15) is 6.17 Å². The van der Waals surface area contributed by atoms with E-state index in [9.17, 15) is 14.7 Å². The number of pyridine rings is 1. The zero-order valence-electron chi connectivity index (χ0n) is 16.3. The number of rotatable bonds is 3. The summed E-state index contributed by atoms with van der Waals surface area (Å²) in [6.45, 7) is 4.02. The van der Waals surface area contributed by atoms with Gasteiger partial charge < -0.3 is 14.7 Å². The molecule has 1 aromatic carbocycles. The van der Waals surface area contributed by atoms with Crippen molar-refractivity contribution >= 4 is 5.91 Å². The van der Waals surface area contributed by atoms with Crippen LogP contribution < -0.4 is 10.4 Å². The van der Waals surface area contributed by atoms with Gasteiger partial charge in [-0.3, -0.25) is 19.3 Å². The van der Waals surface area contributed by atoms with E-state index in [0.717, 1.165) is 18.4 Å². The van der Waals surface area contributed by atoms with Crippen molar-refractivity contribution in [3.8, 4) is 5.75 Å². The van der Waals surface area contributed by atoms with E-state index in [-0.39, 0.29) is 36.0 Å². The molecule has 0 unspecified atom stereocenters. The smallest absolute Gasteiger partial charge is 0.277 e. The topological polar surface area (TPSA) is 75.0 Å². The Kier molecular flexibility index (Phi) is 4.63. The van der Waals surface area contributed by atoms with Crippen LogP contribution in [0.3, 0.4) is 0 Å². The molecule has 3 atom stereocenters. The molecule has 0 aliphatic carbocycles. The highest BCUT2D eigenvalue weighted by Crippen LogP contribution is 2.40. The third kappa shape index (κ3) is 2.86. The highest BCUT2D eigenvalue weighted by atomic mass is 16.5. The summed E-state index contributed by atoms with van der Waals surface area (Å²) in [6.07, 6.45) is 2.88. The molecule has 2 aromatic rings. The number of hydrogen-bond acceptors (Lipinski definition) is 5. The van der Waals surface area contributed by atoms with Crippen molar-refractivity contribution in [3.63, 3.8) is 0 Å². The Morgan fingerprint density at radius 1 is 1.11 bits per heavy atom. The first-order valence-electron chi connectivity index (χ1n) is 9.61. The van der Waals surface area contributed by atoms with Gasteiger partial charge in [-0.1, -0.05) is 30.3 Å². The molecular formula is C21H25N3O4. The molecule has 2 aliphatic rings. The predicted octanol–water partition coefficient (Wildman–Crippen LogP) is 2.23. The maximum absolute atomic E-state index is 12.9. The van der Waals surface area contributed by atoms with E-state index in [0.29, 0.717) is 0 Å². The van der Waals surface area contributed by atoms with Gasteiger partial charge in [0.2, 0.25) is 5.43 Å². The van der Waals surface area contributed by atoms with Gasteiger partial charge >= 0.3 is 0 Å². The first-order chi connectivity index (χ1) is 13.4. The number of amides is 1. The molecule has 0 spiro atoms. The lowest BCUT2D eigenvalue weighted by Gasteiger charge is -2.53. The Bertz CT molecular complexity index is 940. The zero-order valence-corrected chi connectivity index (χ0v) is 16.3. The third-order valence-corrected chi connectivity index (χ3v) is 5.51. The molecule has 28 heavy (non-hydrogen) atoms. The van der Waals surface area contributed by atoms with Crippen LogP contribution in [0.2, 0.25) is 0 Å². The zero-order chi connectivity index (χ0) is 20.0. The van der Waals surface area contributed by atoms with E-state index in [1.165, 1.54) is 6.07 Å². The Balaban J connectivity index is 1.91. The Hall–Kier alpha value is -2.80. The van der Waals surface area contributed by atoms with Crippen molar-refractivity contribution in [2.75, 3.05) is 12.1 Å². The average molecular weight is 383 g/mol. The maximum Gasteiger partial charge on any atom is 0.277 e. The Labute approximate surface area is 163 Å². The molecule has 1 amide bonds. The van der Waals surface area contributed by atoms with E-state index in [4.69, 9.17) is 4.74 Å². The van der Waals surface area contributed by atoms with Crippen molar-refractivity contribution in [2.45, 2.75) is 51.1 Å². The lowest BCUT2D eigenvalue weighted by Crippen LogP contribution is -2.65. The summed E-state index contributed by atoms with van der Waals surface area (Å²) in [5, 5.41) is 12.4. The van der Waals surface area contributed by atoms with Crippen molar-refractivity contribution in [3.05, 3.63) is 64.1 Å². The standard InChI is InChI=1S/C21H25N3O4/c1-13(2)28-16-9-10-17-22(3)21(27)19-20(26)15(25)11-12-23(19)24(17)18(16)14-7-5-4-6-8-14/h4-8,11-13,16-18,26H,9-10H2,1-3H3/t16-,17-,18+/m0/s1. The normalized spacial score (nSPS) is 24.3. The number of fused-ring (bicyclic) bond motifs is 3. The van der Waals surface area contributed by atoms with Crippen LogP contribution in [0, 0.1) is 0 Å². The fourth-order valence-electron chi connectivity index (χ4n) is 4.33. The predicted molar refractivity (Wildman–Crippen MR) is 105 cm³/mol. The fourth-order valence-corrected chi connectivity index (χ4v) is 4.33. The summed E-state index contributed by atoms with van der Waals surface area (Å²) < 4.78 is 7.89. The molecular weight excluding hydrogens is 358 g/mol. The number of ether oxygens (including phenoxy) is 1. The summed E-state index contributed by atoms with van der Waals surface area (Å²) in [7, 11) is 1.71. The number of carbonyl (C=O) groups excluding carboxylic acids is 1. The minimum atomic E-state index is -0.560. The summed E-state index contributed by atoms with van der Waals surface area (Å²) in [5.41, 5.74) is 0.497. The van der Waals surface area contributed by atoms with Gasteiger partial charge in [-0.2, -0.15) is 0 Å². The molecule has 2 aliphatic heterocycles. The molecule has 1 saturated heterocycles. The van der Waals surface area contributed by atoms with E-state index in [1.807, 2.05) is 44.2 Å². The average Bonchev–Trinajstić information content (AvgIpc) is 2.68. The van der Waals surface area contributed by atoms with Gasteiger partial charge in [0.15, 0.2) is 11.4 Å². The summed E-state index contributed by atoms with van der Waals surface area (Å²) >= 11 is 0. The minimum Gasteiger partial charge on any atom is -0.502 e. The molecule has 0 saturated carbocycles. The quantitative estimate of drug-likeness (QED) is 0.880. The van der Waals surface area contributed by atoms with E-state index < -0.39 is 11.2 Å². The van der Waals surface area contributed by atoms with Crippen LogP contribution in [-0.2, 0) is 4.74 Å². The second-order valence-electron chi connectivity index (χ2n) is 7.65. The Morgan fingerprint density at radius 2 is 1.82 bits per heavy atom. The number of benzene rings is 1. The van der Waals surface area contributed by atoms with Gasteiger partial charge in [0.05, 0.1) is 18.2 Å². The summed E-state index contributed by atoms with van der Waals surface area (Å²) in [6, 6.07) is 11.1. The second-order valence-corrected chi connectivity index (χ2v) is 7.65. The van der Waals surface area contributed by atoms with Gasteiger partial charge in [-0.05, 0) is 32.3 Å². The molecule has 1 N–H and O–H groups in total. The number of aromatic nitrogens is 1. The van der Waals surface area contributed by atoms with Crippen LogP contribution in [0.1, 0.15) is 48.8 Å². The third-order valence-electron chi connectivity index (χ3n) is 5.51. The van der Waals surface area contributed by atoms with Crippen LogP contribution in [0.4, 0.5) is 0 Å². The molecule has 7 heteroatoms. The number of nitrogens with zero attached hydrogens (tertiary/aromatic N) is 3. The van der Waals surface area contributed by atoms with Gasteiger partial charge in [-0.25, -0.2) is 0 Å². The molecule has 1 aromatic heterocycles. The van der Waals surface area contributed by atoms with Gasteiger partial charge in [0.25, 0.3) is 5.91 Å². The van der Waals surface area contributed by atoms with Crippen LogP contribution in [0.15, 0.2) is 47.4 Å². The molecule has 0 bridgehead atoms. The molecule has 0 radical (unpaired) electrons. The monoisotopic (exact) mass is 383 g/mol. The largest absolute Gasteiger partial charge is 0.502 e. The lowest BCUT2D eigenvalue weighted by molar-refractivity contribution is -0.0465. The van der Waals surface area contributed by atoms with E-state index in [2.05, 4.69) is 5.01 Å². The van der Waals surface area contributed by atoms with Gasteiger partial charge in [0, 0.05) is 19.3 Å². The fraction of sp³-hybridized carbons (Fsp3) is 0.429. The van der Waals surface area contributed by atoms with Gasteiger partial charge in [-0.15, -0.1) is 0 Å². The van der Waals surface area contributed by atoms with Crippen molar-refractivity contribution in [1.29, 1.82) is 0 Å². The SMILES string of the molecule is CC(C)O[C@H]1CC[C@H]2N(C)C(=O)c3c(O)c(=O)ccn3N2[C@@H]1c1ccccc1. The van der Waals surface area contributed by atoms with Crippen LogP contribution in [0.5, 0.6) is 5.75 Å². The van der Waals surface area contributed by atoms with Crippen LogP contribution in [0.25, 0.3) is 0 Å². The van der Waals surface area contributed by atoms with Crippen molar-refractivity contribution < 1.29 is 14.6 Å². The van der Waals surface area contributed by atoms with Crippen molar-refractivity contribution in [1.82, 2.24) is 9.58 Å². The number of hydrogen-bond donors (Lipinski definition) is 1. The minimum absolute atomic E-state index is 0.00243. The number of piperidine rings is 1. The first-order valence-corrected chi connectivity index (χ1v) is 9.61. The lowest BCUT2D eigenvalue weighted by atomic mass is 9.90. The second kappa shape index (κ2) is 6.98. The molecule has 1 fully saturated rings. The maximum atomic E-state index is 12.9. The van der Waals surface area contributed by atoms with E-state index >= 15 is 0 Å². The number of aromatic hydroxyl groups is 1. The highest BCUT2D eigenvalue weighted by Gasteiger charge is 2.47. The highest BCUT2D eigenvalue weighted by molar-refractivity contribution is 5.96. The van der Waals surface area contributed by atoms with Crippen molar-refractivity contribution in [2.24, 2.45) is 0 Å². The summed E-state index contributed by atoms with van der Waals surface area (Å²) in [4.78, 5) is 26.5. The number of carbonyl (C=O) groups is 1. The summed E-state index contributed by atoms with van der Waals surface area (Å²) in [5.74, 6) is -0.872. The molecule has 3 heterocycles. The van der Waals surface area contributed by atoms with Crippen LogP contribution in [-0.4, -0.2) is 46.0 Å². The van der Waals surface area contributed by atoms with E-state index in [1.54, 1.807) is 22.8 Å². The van der Waals surface area contributed by atoms with Crippen LogP contribution >= 0.6 is 0 Å². The molecule has 148 valence electrons. The molecule has 4 rings (SSSR count). The first kappa shape index (κ1) is 18.6.